The van der Waals surface area contributed by atoms with Crippen LogP contribution in [0.15, 0.2) is 66.7 Å². The lowest BCUT2D eigenvalue weighted by Gasteiger charge is -2.26. The van der Waals surface area contributed by atoms with Crippen LogP contribution in [-0.2, 0) is 0 Å². The highest BCUT2D eigenvalue weighted by Gasteiger charge is 2.25. The van der Waals surface area contributed by atoms with Gasteiger partial charge in [0.1, 0.15) is 0 Å². The highest BCUT2D eigenvalue weighted by molar-refractivity contribution is 6.31. The molecule has 1 aliphatic rings. The molecule has 0 aliphatic carbocycles. The summed E-state index contributed by atoms with van der Waals surface area (Å²) in [6.07, 6.45) is 0.426. The molecule has 1 heterocycles. The van der Waals surface area contributed by atoms with Gasteiger partial charge in [-0.05, 0) is 48.0 Å². The molecule has 0 bridgehead atoms. The number of hydrogen-bond acceptors (Lipinski definition) is 6. The quantitative estimate of drug-likeness (QED) is 0.170. The summed E-state index contributed by atoms with van der Waals surface area (Å²) in [5, 5.41) is 17.3. The molecular weight excluding hydrogens is 469 g/mol. The molecule has 2 amide bonds. The number of nitro benzene ring substituents is 1. The van der Waals surface area contributed by atoms with Gasteiger partial charge in [-0.1, -0.05) is 35.3 Å². The number of anilines is 2. The number of Topliss-reactive ketones (excluding diaryl/α,β-unsaturated/α-hetero) is 1. The molecule has 0 fully saturated rings. The predicted molar refractivity (Wildman–Crippen MR) is 128 cm³/mol. The Bertz CT molecular complexity index is 1170. The Morgan fingerprint density at radius 3 is 2.27 bits per heavy atom. The number of benzene rings is 3. The van der Waals surface area contributed by atoms with Crippen molar-refractivity contribution in [2.24, 2.45) is 5.84 Å². The molecule has 0 spiro atoms. The van der Waals surface area contributed by atoms with E-state index in [-0.39, 0.29) is 17.5 Å². The molecule has 0 saturated heterocycles. The lowest BCUT2D eigenvalue weighted by molar-refractivity contribution is -0.384. The minimum absolute atomic E-state index is 0.0153. The number of halogens is 2. The Morgan fingerprint density at radius 2 is 1.67 bits per heavy atom. The third-order valence-corrected chi connectivity index (χ3v) is 5.23. The Morgan fingerprint density at radius 1 is 1.03 bits per heavy atom. The molecule has 3 aromatic rings. The number of nitro groups is 1. The van der Waals surface area contributed by atoms with Crippen molar-refractivity contribution in [2.45, 2.75) is 12.5 Å². The summed E-state index contributed by atoms with van der Waals surface area (Å²) in [7, 11) is 0. The summed E-state index contributed by atoms with van der Waals surface area (Å²) in [5.41, 5.74) is 4.81. The minimum atomic E-state index is -0.584. The van der Waals surface area contributed by atoms with Gasteiger partial charge in [0, 0.05) is 45.5 Å². The van der Waals surface area contributed by atoms with E-state index in [4.69, 9.17) is 29.0 Å². The summed E-state index contributed by atoms with van der Waals surface area (Å²) in [6.45, 7) is 0. The van der Waals surface area contributed by atoms with Gasteiger partial charge >= 0.3 is 6.03 Å². The number of nitrogens with two attached hydrogens (primary N) is 1. The standard InChI is InChI=1S/C15H11Cl2NO.C7H8N4O3/c16-10-3-1-9(2-4-10)14-8-15(19)12-7-11(17)5-6-13(12)18-14;8-10-7(12)9-5-1-3-6(4-2-5)11(13)14/h1-7,14,18H,8H2;1-4H,8H2,(H2,9,10,12). The van der Waals surface area contributed by atoms with Crippen LogP contribution in [0.25, 0.3) is 0 Å². The Labute approximate surface area is 199 Å². The molecule has 3 aromatic carbocycles. The Hall–Kier alpha value is -3.66. The lowest BCUT2D eigenvalue weighted by Crippen LogP contribution is -2.34. The van der Waals surface area contributed by atoms with Gasteiger partial charge in [0.2, 0.25) is 0 Å². The van der Waals surface area contributed by atoms with E-state index >= 15 is 0 Å². The van der Waals surface area contributed by atoms with Crippen LogP contribution in [0.3, 0.4) is 0 Å². The second kappa shape index (κ2) is 10.8. The van der Waals surface area contributed by atoms with Gasteiger partial charge in [0.25, 0.3) is 5.69 Å². The number of nitrogens with one attached hydrogen (secondary N) is 3. The van der Waals surface area contributed by atoms with E-state index in [0.29, 0.717) is 27.7 Å². The Balaban J connectivity index is 0.000000196. The van der Waals surface area contributed by atoms with Crippen LogP contribution in [0, 0.1) is 10.1 Å². The maximum Gasteiger partial charge on any atom is 0.333 e. The van der Waals surface area contributed by atoms with E-state index in [9.17, 15) is 19.7 Å². The van der Waals surface area contributed by atoms with E-state index in [1.165, 1.54) is 24.3 Å². The molecule has 33 heavy (non-hydrogen) atoms. The number of carbonyl (C=O) groups is 2. The lowest BCUT2D eigenvalue weighted by atomic mass is 9.92. The highest BCUT2D eigenvalue weighted by Crippen LogP contribution is 2.34. The van der Waals surface area contributed by atoms with E-state index < -0.39 is 11.0 Å². The number of nitrogens with zero attached hydrogens (tertiary/aromatic N) is 1. The molecular formula is C22H19Cl2N5O4. The third kappa shape index (κ3) is 6.42. The molecule has 1 aliphatic heterocycles. The van der Waals surface area contributed by atoms with Crippen molar-refractivity contribution in [3.63, 3.8) is 0 Å². The first kappa shape index (κ1) is 24.0. The van der Waals surface area contributed by atoms with Gasteiger partial charge in [-0.2, -0.15) is 0 Å². The fraction of sp³-hybridized carbons (Fsp3) is 0.0909. The normalized spacial score (nSPS) is 14.2. The number of ketones is 1. The van der Waals surface area contributed by atoms with Crippen molar-refractivity contribution in [3.8, 4) is 0 Å². The largest absolute Gasteiger partial charge is 0.377 e. The van der Waals surface area contributed by atoms with E-state index in [1.807, 2.05) is 35.8 Å². The van der Waals surface area contributed by atoms with Crippen LogP contribution in [0.2, 0.25) is 10.0 Å². The number of urea groups is 1. The number of fused-ring (bicyclic) bond motifs is 1. The highest BCUT2D eigenvalue weighted by atomic mass is 35.5. The fourth-order valence-corrected chi connectivity index (χ4v) is 3.44. The number of rotatable bonds is 3. The van der Waals surface area contributed by atoms with Crippen LogP contribution in [0.4, 0.5) is 21.9 Å². The monoisotopic (exact) mass is 487 g/mol. The topological polar surface area (TPSA) is 139 Å². The smallest absolute Gasteiger partial charge is 0.333 e. The zero-order valence-electron chi connectivity index (χ0n) is 17.0. The third-order valence-electron chi connectivity index (χ3n) is 4.74. The fourth-order valence-electron chi connectivity index (χ4n) is 3.14. The first-order chi connectivity index (χ1) is 15.8. The van der Waals surface area contributed by atoms with Crippen LogP contribution < -0.4 is 21.9 Å². The first-order valence-corrected chi connectivity index (χ1v) is 10.4. The molecule has 0 saturated carbocycles. The predicted octanol–water partition coefficient (Wildman–Crippen LogP) is 5.32. The summed E-state index contributed by atoms with van der Waals surface area (Å²) in [4.78, 5) is 32.6. The van der Waals surface area contributed by atoms with Crippen molar-refractivity contribution in [1.82, 2.24) is 5.43 Å². The summed E-state index contributed by atoms with van der Waals surface area (Å²) in [5.74, 6) is 4.94. The molecule has 11 heteroatoms. The van der Waals surface area contributed by atoms with Gasteiger partial charge < -0.3 is 10.6 Å². The van der Waals surface area contributed by atoms with Gasteiger partial charge in [-0.25, -0.2) is 10.6 Å². The van der Waals surface area contributed by atoms with E-state index in [0.717, 1.165) is 11.3 Å². The first-order valence-electron chi connectivity index (χ1n) is 9.63. The number of hydrogen-bond donors (Lipinski definition) is 4. The molecule has 1 atom stereocenters. The summed E-state index contributed by atoms with van der Waals surface area (Å²) >= 11 is 11.8. The van der Waals surface area contributed by atoms with Crippen molar-refractivity contribution in [3.05, 3.63) is 98.0 Å². The summed E-state index contributed by atoms with van der Waals surface area (Å²) < 4.78 is 0. The zero-order chi connectivity index (χ0) is 24.0. The van der Waals surface area contributed by atoms with E-state index in [1.54, 1.807) is 12.1 Å². The van der Waals surface area contributed by atoms with Crippen molar-refractivity contribution < 1.29 is 14.5 Å². The van der Waals surface area contributed by atoms with Crippen LogP contribution >= 0.6 is 23.2 Å². The maximum absolute atomic E-state index is 12.2. The molecule has 1 unspecified atom stereocenters. The molecule has 0 aromatic heterocycles. The Kier molecular flexibility index (Phi) is 7.83. The second-order valence-corrected chi connectivity index (χ2v) is 7.84. The molecule has 5 N–H and O–H groups in total. The second-order valence-electron chi connectivity index (χ2n) is 6.97. The van der Waals surface area contributed by atoms with Gasteiger partial charge in [0.05, 0.1) is 11.0 Å². The number of hydrazine groups is 1. The van der Waals surface area contributed by atoms with Crippen LogP contribution in [-0.4, -0.2) is 16.7 Å². The van der Waals surface area contributed by atoms with Gasteiger partial charge in [-0.3, -0.25) is 20.3 Å². The van der Waals surface area contributed by atoms with E-state index in [2.05, 4.69) is 10.6 Å². The minimum Gasteiger partial charge on any atom is -0.377 e. The zero-order valence-corrected chi connectivity index (χ0v) is 18.6. The number of amides is 2. The van der Waals surface area contributed by atoms with Gasteiger partial charge in [-0.15, -0.1) is 0 Å². The van der Waals surface area contributed by atoms with Crippen LogP contribution in [0.5, 0.6) is 0 Å². The average molecular weight is 488 g/mol. The van der Waals surface area contributed by atoms with Crippen LogP contribution in [0.1, 0.15) is 28.4 Å². The van der Waals surface area contributed by atoms with Gasteiger partial charge in [0.15, 0.2) is 5.78 Å². The molecule has 9 nitrogen and oxygen atoms in total. The van der Waals surface area contributed by atoms with Crippen molar-refractivity contribution in [2.75, 3.05) is 10.6 Å². The molecule has 4 rings (SSSR count). The molecule has 0 radical (unpaired) electrons. The number of non-ortho nitro benzene ring substituents is 1. The summed E-state index contributed by atoms with van der Waals surface area (Å²) in [6, 6.07) is 17.7. The average Bonchev–Trinajstić information content (AvgIpc) is 2.80. The SMILES string of the molecule is NNC(=O)Nc1ccc([N+](=O)[O-])cc1.O=C1CC(c2ccc(Cl)cc2)Nc2ccc(Cl)cc21. The number of carbonyl (C=O) groups excluding carboxylic acids is 2. The van der Waals surface area contributed by atoms with Crippen molar-refractivity contribution in [1.29, 1.82) is 0 Å². The maximum atomic E-state index is 12.2. The van der Waals surface area contributed by atoms with Crippen molar-refractivity contribution >= 4 is 52.1 Å². The molecule has 170 valence electrons.